The molecule has 1 N–H and O–H groups in total. The van der Waals surface area contributed by atoms with E-state index in [0.717, 1.165) is 30.0 Å². The average Bonchev–Trinajstić information content (AvgIpc) is 3.26. The molecule has 0 bridgehead atoms. The number of thioether (sulfide) groups is 1. The van der Waals surface area contributed by atoms with Gasteiger partial charge in [0.2, 0.25) is 0 Å². The fourth-order valence-electron chi connectivity index (χ4n) is 3.51. The SMILES string of the molecule is Cc1cc(C)nc(SCc2c(C(=O)Nc3ccc(F)c(C(F)(F)F)c3)nnn2-c2ccc(OC(F)(F)F)cc2)n1. The summed E-state index contributed by atoms with van der Waals surface area (Å²) in [5.74, 6) is -2.98. The third-order valence-electron chi connectivity index (χ3n) is 5.12. The number of aromatic nitrogens is 5. The third-order valence-corrected chi connectivity index (χ3v) is 5.98. The summed E-state index contributed by atoms with van der Waals surface area (Å²) < 4.78 is 95.7. The molecule has 1 amide bonds. The second kappa shape index (κ2) is 11.1. The minimum absolute atomic E-state index is 0.0172. The summed E-state index contributed by atoms with van der Waals surface area (Å²) >= 11 is 1.10. The monoisotopic (exact) mass is 586 g/mol. The van der Waals surface area contributed by atoms with Crippen LogP contribution >= 0.6 is 11.8 Å². The highest BCUT2D eigenvalue weighted by Crippen LogP contribution is 2.33. The molecular formula is C24H17F7N6O2S. The summed E-state index contributed by atoms with van der Waals surface area (Å²) in [7, 11) is 0. The van der Waals surface area contributed by atoms with Gasteiger partial charge in [0.15, 0.2) is 10.9 Å². The molecule has 0 saturated heterocycles. The zero-order chi connectivity index (χ0) is 29.2. The van der Waals surface area contributed by atoms with Gasteiger partial charge in [0, 0.05) is 22.8 Å². The zero-order valence-corrected chi connectivity index (χ0v) is 21.2. The molecule has 40 heavy (non-hydrogen) atoms. The molecule has 0 aliphatic rings. The number of carbonyl (C=O) groups is 1. The van der Waals surface area contributed by atoms with Crippen molar-refractivity contribution in [1.29, 1.82) is 0 Å². The Labute approximate surface area is 225 Å². The molecular weight excluding hydrogens is 569 g/mol. The second-order valence-corrected chi connectivity index (χ2v) is 9.15. The fraction of sp³-hybridized carbons (Fsp3) is 0.208. The number of aryl methyl sites for hydroxylation is 2. The van der Waals surface area contributed by atoms with Crippen LogP contribution in [-0.2, 0) is 11.9 Å². The Kier molecular flexibility index (Phi) is 8.00. The summed E-state index contributed by atoms with van der Waals surface area (Å²) in [5.41, 5.74) is -0.526. The fourth-order valence-corrected chi connectivity index (χ4v) is 4.45. The number of ether oxygens (including phenoxy) is 1. The van der Waals surface area contributed by atoms with Crippen LogP contribution in [0.25, 0.3) is 5.69 Å². The van der Waals surface area contributed by atoms with Crippen LogP contribution in [-0.4, -0.2) is 37.2 Å². The van der Waals surface area contributed by atoms with E-state index in [-0.39, 0.29) is 28.5 Å². The number of halogens is 7. The number of carbonyl (C=O) groups excluding carboxylic acids is 1. The van der Waals surface area contributed by atoms with Gasteiger partial charge in [-0.2, -0.15) is 13.2 Å². The molecule has 2 aromatic heterocycles. The number of nitrogens with one attached hydrogen (secondary N) is 1. The van der Waals surface area contributed by atoms with Crippen LogP contribution in [0.15, 0.2) is 53.7 Å². The van der Waals surface area contributed by atoms with E-state index in [1.807, 2.05) is 0 Å². The van der Waals surface area contributed by atoms with Gasteiger partial charge in [-0.3, -0.25) is 4.79 Å². The van der Waals surface area contributed by atoms with Crippen LogP contribution in [0.5, 0.6) is 5.75 Å². The number of hydrogen-bond acceptors (Lipinski definition) is 7. The summed E-state index contributed by atoms with van der Waals surface area (Å²) in [6, 6.07) is 8.25. The number of nitrogens with zero attached hydrogens (tertiary/aromatic N) is 5. The lowest BCUT2D eigenvalue weighted by molar-refractivity contribution is -0.274. The molecule has 4 rings (SSSR count). The van der Waals surface area contributed by atoms with Gasteiger partial charge in [-0.15, -0.1) is 18.3 Å². The van der Waals surface area contributed by atoms with Crippen molar-refractivity contribution in [2.75, 3.05) is 5.32 Å². The maximum absolute atomic E-state index is 13.7. The van der Waals surface area contributed by atoms with E-state index < -0.39 is 35.6 Å². The molecule has 0 unspecified atom stereocenters. The van der Waals surface area contributed by atoms with Crippen molar-refractivity contribution in [2.24, 2.45) is 0 Å². The molecule has 0 aliphatic carbocycles. The first-order chi connectivity index (χ1) is 18.7. The first-order valence-electron chi connectivity index (χ1n) is 11.1. The van der Waals surface area contributed by atoms with E-state index in [0.29, 0.717) is 28.7 Å². The van der Waals surface area contributed by atoms with E-state index in [9.17, 15) is 35.5 Å². The third kappa shape index (κ3) is 7.05. The highest BCUT2D eigenvalue weighted by molar-refractivity contribution is 7.98. The molecule has 2 aromatic carbocycles. The lowest BCUT2D eigenvalue weighted by Gasteiger charge is -2.12. The molecule has 0 fully saturated rings. The van der Waals surface area contributed by atoms with Crippen molar-refractivity contribution < 1.29 is 40.3 Å². The summed E-state index contributed by atoms with van der Waals surface area (Å²) in [4.78, 5) is 21.7. The molecule has 8 nitrogen and oxygen atoms in total. The normalized spacial score (nSPS) is 11.9. The van der Waals surface area contributed by atoms with Crippen LogP contribution in [0.1, 0.15) is 33.1 Å². The van der Waals surface area contributed by atoms with Gasteiger partial charge in [-0.1, -0.05) is 17.0 Å². The van der Waals surface area contributed by atoms with E-state index in [4.69, 9.17) is 0 Å². The summed E-state index contributed by atoms with van der Waals surface area (Å²) in [6.45, 7) is 3.51. The van der Waals surface area contributed by atoms with Crippen molar-refractivity contribution >= 4 is 23.4 Å². The predicted molar refractivity (Wildman–Crippen MR) is 128 cm³/mol. The van der Waals surface area contributed by atoms with Crippen LogP contribution in [0.2, 0.25) is 0 Å². The summed E-state index contributed by atoms with van der Waals surface area (Å²) in [5, 5.41) is 10.4. The molecule has 0 radical (unpaired) electrons. The average molecular weight is 586 g/mol. The maximum atomic E-state index is 13.7. The van der Waals surface area contributed by atoms with Gasteiger partial charge in [-0.05, 0) is 62.4 Å². The Bertz CT molecular complexity index is 1520. The smallest absolute Gasteiger partial charge is 0.406 e. The van der Waals surface area contributed by atoms with E-state index >= 15 is 0 Å². The number of rotatable bonds is 7. The Morgan fingerprint density at radius 2 is 1.62 bits per heavy atom. The zero-order valence-electron chi connectivity index (χ0n) is 20.4. The van der Waals surface area contributed by atoms with Crippen molar-refractivity contribution in [1.82, 2.24) is 25.0 Å². The molecule has 2 heterocycles. The maximum Gasteiger partial charge on any atom is 0.573 e. The van der Waals surface area contributed by atoms with Crippen molar-refractivity contribution in [3.05, 3.63) is 82.7 Å². The van der Waals surface area contributed by atoms with Crippen molar-refractivity contribution in [3.63, 3.8) is 0 Å². The highest BCUT2D eigenvalue weighted by atomic mass is 32.2. The first kappa shape index (κ1) is 28.8. The second-order valence-electron chi connectivity index (χ2n) is 8.21. The van der Waals surface area contributed by atoms with Crippen molar-refractivity contribution in [3.8, 4) is 11.4 Å². The molecule has 0 saturated carbocycles. The topological polar surface area (TPSA) is 94.8 Å². The van der Waals surface area contributed by atoms with Crippen LogP contribution in [0.4, 0.5) is 36.4 Å². The molecule has 0 spiro atoms. The largest absolute Gasteiger partial charge is 0.573 e. The van der Waals surface area contributed by atoms with E-state index in [1.54, 1.807) is 19.9 Å². The van der Waals surface area contributed by atoms with Crippen LogP contribution in [0.3, 0.4) is 0 Å². The number of benzene rings is 2. The molecule has 4 aromatic rings. The number of amides is 1. The number of anilines is 1. The van der Waals surface area contributed by atoms with Gasteiger partial charge in [-0.25, -0.2) is 19.0 Å². The van der Waals surface area contributed by atoms with Gasteiger partial charge in [0.05, 0.1) is 16.9 Å². The Morgan fingerprint density at radius 1 is 0.975 bits per heavy atom. The van der Waals surface area contributed by atoms with Gasteiger partial charge >= 0.3 is 12.5 Å². The molecule has 0 aliphatic heterocycles. The van der Waals surface area contributed by atoms with Crippen LogP contribution < -0.4 is 10.1 Å². The lowest BCUT2D eigenvalue weighted by Crippen LogP contribution is -2.17. The number of hydrogen-bond donors (Lipinski definition) is 1. The number of alkyl halides is 6. The van der Waals surface area contributed by atoms with Crippen LogP contribution in [0, 0.1) is 19.7 Å². The van der Waals surface area contributed by atoms with Gasteiger partial charge in [0.1, 0.15) is 11.6 Å². The Hall–Kier alpha value is -4.21. The first-order valence-corrected chi connectivity index (χ1v) is 12.1. The van der Waals surface area contributed by atoms with E-state index in [1.165, 1.54) is 16.8 Å². The quantitative estimate of drug-likeness (QED) is 0.155. The lowest BCUT2D eigenvalue weighted by atomic mass is 10.1. The Balaban J connectivity index is 1.68. The van der Waals surface area contributed by atoms with Gasteiger partial charge < -0.3 is 10.1 Å². The minimum Gasteiger partial charge on any atom is -0.406 e. The minimum atomic E-state index is -5.00. The Morgan fingerprint density at radius 3 is 2.23 bits per heavy atom. The van der Waals surface area contributed by atoms with Gasteiger partial charge in [0.25, 0.3) is 5.91 Å². The highest BCUT2D eigenvalue weighted by Gasteiger charge is 2.34. The van der Waals surface area contributed by atoms with E-state index in [2.05, 4.69) is 30.3 Å². The molecule has 16 heteroatoms. The standard InChI is InChI=1S/C24H17F7N6O2S/c1-12-9-13(2)33-22(32-12)40-11-19-20(21(38)34-14-3-8-18(25)17(10-14)23(26,27)28)35-36-37(19)15-4-6-16(7-5-15)39-24(29,30)31/h3-10H,11H2,1-2H3,(H,34,38). The predicted octanol–water partition coefficient (Wildman–Crippen LogP) is 6.28. The summed E-state index contributed by atoms with van der Waals surface area (Å²) in [6.07, 6.45) is -9.90. The van der Waals surface area contributed by atoms with Crippen molar-refractivity contribution in [2.45, 2.75) is 37.3 Å². The molecule has 0 atom stereocenters. The molecule has 210 valence electrons.